The summed E-state index contributed by atoms with van der Waals surface area (Å²) in [6.07, 6.45) is 5.38. The molecular formula is C12H17N5O3S. The van der Waals surface area contributed by atoms with Crippen molar-refractivity contribution in [3.05, 3.63) is 30.7 Å². The molecule has 0 spiro atoms. The van der Waals surface area contributed by atoms with Gasteiger partial charge in [-0.25, -0.2) is 13.1 Å². The summed E-state index contributed by atoms with van der Waals surface area (Å²) in [6, 6.07) is 1.64. The Bertz CT molecular complexity index is 657. The van der Waals surface area contributed by atoms with Crippen molar-refractivity contribution in [1.82, 2.24) is 19.8 Å². The number of hydrogen-bond donors (Lipinski definition) is 2. The average Bonchev–Trinajstić information content (AvgIpc) is 2.98. The molecule has 21 heavy (non-hydrogen) atoms. The highest BCUT2D eigenvalue weighted by Gasteiger charge is 2.18. The molecule has 2 rings (SSSR count). The second kappa shape index (κ2) is 7.14. The summed E-state index contributed by atoms with van der Waals surface area (Å²) in [4.78, 5) is 7.84. The Morgan fingerprint density at radius 3 is 2.90 bits per heavy atom. The minimum atomic E-state index is -3.64. The summed E-state index contributed by atoms with van der Waals surface area (Å²) in [5, 5.41) is 6.53. The monoisotopic (exact) mass is 311 g/mol. The first-order valence-electron chi connectivity index (χ1n) is 6.56. The predicted molar refractivity (Wildman–Crippen MR) is 76.2 cm³/mol. The van der Waals surface area contributed by atoms with Gasteiger partial charge in [0, 0.05) is 31.9 Å². The molecule has 0 saturated carbocycles. The molecule has 8 nitrogen and oxygen atoms in total. The van der Waals surface area contributed by atoms with Crippen LogP contribution in [0.1, 0.15) is 19.2 Å². The fraction of sp³-hybridized carbons (Fsp3) is 0.417. The first-order valence-corrected chi connectivity index (χ1v) is 8.05. The molecule has 2 aromatic rings. The van der Waals surface area contributed by atoms with E-state index in [0.717, 1.165) is 6.42 Å². The molecule has 0 aromatic carbocycles. The van der Waals surface area contributed by atoms with Crippen molar-refractivity contribution >= 4 is 15.7 Å². The van der Waals surface area contributed by atoms with E-state index in [4.69, 9.17) is 4.52 Å². The van der Waals surface area contributed by atoms with E-state index < -0.39 is 10.0 Å². The van der Waals surface area contributed by atoms with Crippen LogP contribution in [0.25, 0.3) is 0 Å². The minimum absolute atomic E-state index is 0.129. The third-order valence-corrected chi connectivity index (χ3v) is 4.17. The van der Waals surface area contributed by atoms with Crippen LogP contribution in [0.2, 0.25) is 0 Å². The Morgan fingerprint density at radius 1 is 1.33 bits per heavy atom. The molecule has 2 heterocycles. The van der Waals surface area contributed by atoms with Crippen LogP contribution in [-0.2, 0) is 16.4 Å². The van der Waals surface area contributed by atoms with E-state index in [0.29, 0.717) is 24.5 Å². The second-order valence-electron chi connectivity index (χ2n) is 4.28. The SMILES string of the molecule is CCCNc1ccncc1S(=O)(=O)NCCc1ncno1. The Kier molecular flexibility index (Phi) is 5.23. The summed E-state index contributed by atoms with van der Waals surface area (Å²) < 4.78 is 31.9. The zero-order valence-electron chi connectivity index (χ0n) is 11.6. The van der Waals surface area contributed by atoms with Crippen LogP contribution in [0, 0.1) is 0 Å². The predicted octanol–water partition coefficient (Wildman–Crippen LogP) is 0.807. The van der Waals surface area contributed by atoms with Gasteiger partial charge in [0.25, 0.3) is 0 Å². The third kappa shape index (κ3) is 4.23. The molecule has 9 heteroatoms. The van der Waals surface area contributed by atoms with Crippen molar-refractivity contribution in [2.24, 2.45) is 0 Å². The van der Waals surface area contributed by atoms with Crippen LogP contribution < -0.4 is 10.0 Å². The van der Waals surface area contributed by atoms with Crippen molar-refractivity contribution in [2.75, 3.05) is 18.4 Å². The number of nitrogens with one attached hydrogen (secondary N) is 2. The maximum Gasteiger partial charge on any atom is 0.244 e. The fourth-order valence-corrected chi connectivity index (χ4v) is 2.83. The number of rotatable bonds is 8. The van der Waals surface area contributed by atoms with Gasteiger partial charge in [0.1, 0.15) is 4.90 Å². The van der Waals surface area contributed by atoms with E-state index in [2.05, 4.69) is 25.2 Å². The van der Waals surface area contributed by atoms with Gasteiger partial charge in [-0.3, -0.25) is 4.98 Å². The molecule has 2 aromatic heterocycles. The van der Waals surface area contributed by atoms with Gasteiger partial charge in [0.05, 0.1) is 5.69 Å². The van der Waals surface area contributed by atoms with E-state index in [-0.39, 0.29) is 11.4 Å². The molecule has 0 amide bonds. The summed E-state index contributed by atoms with van der Waals surface area (Å²) >= 11 is 0. The van der Waals surface area contributed by atoms with Gasteiger partial charge in [0.15, 0.2) is 6.33 Å². The Labute approximate surface area is 123 Å². The van der Waals surface area contributed by atoms with Crippen LogP contribution in [0.5, 0.6) is 0 Å². The lowest BCUT2D eigenvalue weighted by Gasteiger charge is -2.11. The molecule has 0 saturated heterocycles. The first kappa shape index (κ1) is 15.4. The van der Waals surface area contributed by atoms with Crippen molar-refractivity contribution in [3.63, 3.8) is 0 Å². The summed E-state index contributed by atoms with van der Waals surface area (Å²) in [5.74, 6) is 0.383. The summed E-state index contributed by atoms with van der Waals surface area (Å²) in [7, 11) is -3.64. The minimum Gasteiger partial charge on any atom is -0.384 e. The van der Waals surface area contributed by atoms with Gasteiger partial charge in [0.2, 0.25) is 15.9 Å². The summed E-state index contributed by atoms with van der Waals surface area (Å²) in [5.41, 5.74) is 0.539. The number of anilines is 1. The molecule has 0 fully saturated rings. The van der Waals surface area contributed by atoms with E-state index in [1.54, 1.807) is 12.3 Å². The van der Waals surface area contributed by atoms with Gasteiger partial charge in [-0.15, -0.1) is 0 Å². The average molecular weight is 311 g/mol. The van der Waals surface area contributed by atoms with E-state index >= 15 is 0 Å². The van der Waals surface area contributed by atoms with Crippen molar-refractivity contribution in [3.8, 4) is 0 Å². The largest absolute Gasteiger partial charge is 0.384 e. The van der Waals surface area contributed by atoms with Crippen LogP contribution in [-0.4, -0.2) is 36.6 Å². The number of hydrogen-bond acceptors (Lipinski definition) is 7. The van der Waals surface area contributed by atoms with Gasteiger partial charge in [-0.05, 0) is 12.5 Å². The third-order valence-electron chi connectivity index (χ3n) is 2.68. The molecule has 2 N–H and O–H groups in total. The number of sulfonamides is 1. The van der Waals surface area contributed by atoms with Crippen LogP contribution in [0.4, 0.5) is 5.69 Å². The van der Waals surface area contributed by atoms with E-state index in [1.165, 1.54) is 12.5 Å². The van der Waals surface area contributed by atoms with Crippen LogP contribution in [0.15, 0.2) is 34.2 Å². The Morgan fingerprint density at radius 2 is 2.19 bits per heavy atom. The molecule has 0 atom stereocenters. The topological polar surface area (TPSA) is 110 Å². The van der Waals surface area contributed by atoms with Crippen molar-refractivity contribution in [1.29, 1.82) is 0 Å². The standard InChI is InChI=1S/C12H17N5O3S/c1-2-5-14-10-3-6-13-8-11(10)21(18,19)17-7-4-12-15-9-16-20-12/h3,6,8-9,17H,2,4-5,7H2,1H3,(H,13,14). The van der Waals surface area contributed by atoms with Crippen molar-refractivity contribution in [2.45, 2.75) is 24.7 Å². The maximum atomic E-state index is 12.3. The molecule has 0 bridgehead atoms. The molecule has 114 valence electrons. The zero-order valence-corrected chi connectivity index (χ0v) is 12.4. The highest BCUT2D eigenvalue weighted by atomic mass is 32.2. The quantitative estimate of drug-likeness (QED) is 0.742. The molecule has 0 aliphatic rings. The Hall–Kier alpha value is -2.00. The number of nitrogens with zero attached hydrogens (tertiary/aromatic N) is 3. The Balaban J connectivity index is 2.04. The first-order chi connectivity index (χ1) is 10.1. The molecule has 0 aliphatic heterocycles. The van der Waals surface area contributed by atoms with Gasteiger partial charge < -0.3 is 9.84 Å². The number of aromatic nitrogens is 3. The van der Waals surface area contributed by atoms with Gasteiger partial charge >= 0.3 is 0 Å². The lowest BCUT2D eigenvalue weighted by molar-refractivity contribution is 0.377. The second-order valence-corrected chi connectivity index (χ2v) is 6.02. The molecule has 0 radical (unpaired) electrons. The normalized spacial score (nSPS) is 11.5. The molecular weight excluding hydrogens is 294 g/mol. The lowest BCUT2D eigenvalue weighted by Crippen LogP contribution is -2.27. The van der Waals surface area contributed by atoms with Crippen molar-refractivity contribution < 1.29 is 12.9 Å². The number of pyridine rings is 1. The molecule has 0 unspecified atom stereocenters. The highest BCUT2D eigenvalue weighted by molar-refractivity contribution is 7.89. The van der Waals surface area contributed by atoms with Gasteiger partial charge in [-0.1, -0.05) is 12.1 Å². The fourth-order valence-electron chi connectivity index (χ4n) is 1.68. The smallest absolute Gasteiger partial charge is 0.244 e. The zero-order chi connectivity index (χ0) is 15.1. The molecule has 0 aliphatic carbocycles. The maximum absolute atomic E-state index is 12.3. The summed E-state index contributed by atoms with van der Waals surface area (Å²) in [6.45, 7) is 2.87. The van der Waals surface area contributed by atoms with E-state index in [9.17, 15) is 8.42 Å². The highest BCUT2D eigenvalue weighted by Crippen LogP contribution is 2.19. The lowest BCUT2D eigenvalue weighted by atomic mass is 10.4. The van der Waals surface area contributed by atoms with Crippen LogP contribution >= 0.6 is 0 Å². The van der Waals surface area contributed by atoms with Gasteiger partial charge in [-0.2, -0.15) is 4.98 Å². The van der Waals surface area contributed by atoms with Crippen LogP contribution in [0.3, 0.4) is 0 Å². The van der Waals surface area contributed by atoms with E-state index in [1.807, 2.05) is 6.92 Å².